The highest BCUT2D eigenvalue weighted by molar-refractivity contribution is 5.64. The van der Waals surface area contributed by atoms with Gasteiger partial charge in [-0.3, -0.25) is 0 Å². The smallest absolute Gasteiger partial charge is 0.245 e. The van der Waals surface area contributed by atoms with Gasteiger partial charge in [0.2, 0.25) is 5.79 Å². The molecule has 0 radical (unpaired) electrons. The zero-order valence-electron chi connectivity index (χ0n) is 8.44. The van der Waals surface area contributed by atoms with E-state index in [1.807, 2.05) is 0 Å². The van der Waals surface area contributed by atoms with E-state index in [1.54, 1.807) is 0 Å². The third-order valence-electron chi connectivity index (χ3n) is 2.43. The van der Waals surface area contributed by atoms with Gasteiger partial charge >= 0.3 is 0 Å². The van der Waals surface area contributed by atoms with Crippen LogP contribution < -0.4 is 10.4 Å². The maximum absolute atomic E-state index is 10.1. The molecule has 1 saturated heterocycles. The number of hydrogen-bond acceptors (Lipinski definition) is 7. The summed E-state index contributed by atoms with van der Waals surface area (Å²) in [6, 6.07) is 0. The Hall–Kier alpha value is -0.770. The lowest BCUT2D eigenvalue weighted by Gasteiger charge is -2.40. The van der Waals surface area contributed by atoms with Crippen LogP contribution in [0.2, 0.25) is 0 Å². The standard InChI is InChI=1S/C8H15NO7/c10-4-2-16-8(15,7(14)6(4)13)3-9-1-5(11)12/h4,6-7,9-10,13-15H,1-3H2,(H,11,12)/t4-,6-,7+,8-/m1/s1. The zero-order valence-corrected chi connectivity index (χ0v) is 8.44. The largest absolute Gasteiger partial charge is 0.544 e. The number of aliphatic hydroxyl groups excluding tert-OH is 3. The zero-order chi connectivity index (χ0) is 12.3. The molecule has 0 aromatic heterocycles. The van der Waals surface area contributed by atoms with E-state index in [1.165, 1.54) is 0 Å². The van der Waals surface area contributed by atoms with Crippen molar-refractivity contribution in [1.82, 2.24) is 0 Å². The highest BCUT2D eigenvalue weighted by Crippen LogP contribution is 2.22. The van der Waals surface area contributed by atoms with Crippen LogP contribution in [0.15, 0.2) is 0 Å². The lowest BCUT2D eigenvalue weighted by Crippen LogP contribution is -2.92. The molecule has 8 nitrogen and oxygen atoms in total. The summed E-state index contributed by atoms with van der Waals surface area (Å²) in [5, 5.41) is 48.9. The molecule has 0 aliphatic carbocycles. The van der Waals surface area contributed by atoms with Crippen molar-refractivity contribution in [2.45, 2.75) is 24.1 Å². The number of aliphatic hydroxyl groups is 4. The quantitative estimate of drug-likeness (QED) is 0.327. The second kappa shape index (κ2) is 5.04. The van der Waals surface area contributed by atoms with Crippen molar-refractivity contribution < 1.29 is 40.4 Å². The van der Waals surface area contributed by atoms with Crippen molar-refractivity contribution in [2.24, 2.45) is 0 Å². The number of carbonyl (C=O) groups is 1. The Kier molecular flexibility index (Phi) is 4.19. The van der Waals surface area contributed by atoms with Crippen LogP contribution in [0.4, 0.5) is 0 Å². The molecule has 0 amide bonds. The lowest BCUT2D eigenvalue weighted by atomic mass is 9.97. The fourth-order valence-electron chi connectivity index (χ4n) is 1.47. The molecule has 8 heteroatoms. The number of hydrogen-bond donors (Lipinski definition) is 5. The van der Waals surface area contributed by atoms with Crippen LogP contribution in [0, 0.1) is 0 Å². The van der Waals surface area contributed by atoms with Gasteiger partial charge in [-0.25, -0.2) is 0 Å². The lowest BCUT2D eigenvalue weighted by molar-refractivity contribution is -0.676. The average Bonchev–Trinajstić information content (AvgIpc) is 2.21. The average molecular weight is 237 g/mol. The summed E-state index contributed by atoms with van der Waals surface area (Å²) < 4.78 is 4.79. The number of carbonyl (C=O) groups excluding carboxylic acids is 1. The van der Waals surface area contributed by atoms with E-state index in [4.69, 9.17) is 9.84 Å². The minimum Gasteiger partial charge on any atom is -0.544 e. The van der Waals surface area contributed by atoms with E-state index in [2.05, 4.69) is 0 Å². The molecule has 0 aromatic carbocycles. The van der Waals surface area contributed by atoms with Crippen LogP contribution in [0.25, 0.3) is 0 Å². The molecule has 1 fully saturated rings. The maximum Gasteiger partial charge on any atom is 0.245 e. The maximum atomic E-state index is 10.1. The van der Waals surface area contributed by atoms with Crippen molar-refractivity contribution in [2.75, 3.05) is 19.7 Å². The number of carboxylic acids is 1. The van der Waals surface area contributed by atoms with E-state index in [0.29, 0.717) is 0 Å². The molecule has 0 unspecified atom stereocenters. The summed E-state index contributed by atoms with van der Waals surface area (Å²) in [5.41, 5.74) is 0. The Morgan fingerprint density at radius 2 is 2.12 bits per heavy atom. The minimum atomic E-state index is -2.08. The van der Waals surface area contributed by atoms with Gasteiger partial charge in [0.1, 0.15) is 31.4 Å². The summed E-state index contributed by atoms with van der Waals surface area (Å²) >= 11 is 0. The van der Waals surface area contributed by atoms with Gasteiger partial charge in [0.15, 0.2) is 0 Å². The third kappa shape index (κ3) is 2.88. The fraction of sp³-hybridized carbons (Fsp3) is 0.875. The van der Waals surface area contributed by atoms with E-state index < -0.39 is 36.6 Å². The van der Waals surface area contributed by atoms with Gasteiger partial charge in [-0.05, 0) is 0 Å². The van der Waals surface area contributed by atoms with Crippen molar-refractivity contribution in [1.29, 1.82) is 0 Å². The van der Waals surface area contributed by atoms with Crippen molar-refractivity contribution in [3.63, 3.8) is 0 Å². The molecular weight excluding hydrogens is 222 g/mol. The highest BCUT2D eigenvalue weighted by atomic mass is 16.6. The second-order valence-corrected chi connectivity index (χ2v) is 3.73. The first-order valence-electron chi connectivity index (χ1n) is 4.79. The van der Waals surface area contributed by atoms with Crippen LogP contribution in [-0.4, -0.2) is 70.2 Å². The monoisotopic (exact) mass is 237 g/mol. The predicted molar refractivity (Wildman–Crippen MR) is 45.6 cm³/mol. The molecule has 4 atom stereocenters. The molecule has 1 aliphatic heterocycles. The summed E-state index contributed by atoms with van der Waals surface area (Å²) in [6.45, 7) is -1.03. The Balaban J connectivity index is 2.52. The fourth-order valence-corrected chi connectivity index (χ4v) is 1.47. The van der Waals surface area contributed by atoms with Crippen LogP contribution in [0.1, 0.15) is 0 Å². The summed E-state index contributed by atoms with van der Waals surface area (Å²) in [6.07, 6.45) is -4.51. The summed E-state index contributed by atoms with van der Waals surface area (Å²) in [7, 11) is 0. The van der Waals surface area contributed by atoms with E-state index >= 15 is 0 Å². The Morgan fingerprint density at radius 3 is 2.69 bits per heavy atom. The summed E-state index contributed by atoms with van der Waals surface area (Å²) in [4.78, 5) is 10.1. The summed E-state index contributed by atoms with van der Waals surface area (Å²) in [5.74, 6) is -3.40. The van der Waals surface area contributed by atoms with Crippen LogP contribution in [0.5, 0.6) is 0 Å². The van der Waals surface area contributed by atoms with Gasteiger partial charge in [0.25, 0.3) is 0 Å². The van der Waals surface area contributed by atoms with E-state index in [0.717, 1.165) is 5.32 Å². The topological polar surface area (TPSA) is 147 Å². The minimum absolute atomic E-state index is 0.286. The number of ether oxygens (including phenoxy) is 1. The van der Waals surface area contributed by atoms with Gasteiger partial charge in [-0.1, -0.05) is 0 Å². The first kappa shape index (κ1) is 13.3. The number of aliphatic carboxylic acids is 1. The first-order valence-corrected chi connectivity index (χ1v) is 4.79. The normalized spacial score (nSPS) is 39.6. The number of quaternary nitrogens is 1. The van der Waals surface area contributed by atoms with Crippen LogP contribution in [-0.2, 0) is 9.53 Å². The van der Waals surface area contributed by atoms with Crippen molar-refractivity contribution >= 4 is 5.97 Å². The SMILES string of the molecule is O=C([O-])C[NH2+]C[C@@]1(O)OC[C@@H](O)[C@@H](O)[C@@H]1O. The van der Waals surface area contributed by atoms with Gasteiger partial charge in [-0.15, -0.1) is 0 Å². The van der Waals surface area contributed by atoms with Crippen LogP contribution >= 0.6 is 0 Å². The molecule has 1 rings (SSSR count). The number of nitrogens with two attached hydrogens (primary N) is 1. The number of rotatable bonds is 4. The molecule has 1 aliphatic rings. The predicted octanol–water partition coefficient (Wildman–Crippen LogP) is -5.90. The Bertz CT molecular complexity index is 261. The molecular formula is C8H15NO7. The van der Waals surface area contributed by atoms with Gasteiger partial charge < -0.3 is 40.4 Å². The Labute approximate surface area is 91.1 Å². The molecule has 0 aromatic rings. The third-order valence-corrected chi connectivity index (χ3v) is 2.43. The molecule has 94 valence electrons. The van der Waals surface area contributed by atoms with Crippen LogP contribution in [0.3, 0.4) is 0 Å². The highest BCUT2D eigenvalue weighted by Gasteiger charge is 2.49. The number of carboxylic acid groups (broad SMARTS) is 1. The van der Waals surface area contributed by atoms with E-state index in [-0.39, 0.29) is 13.2 Å². The molecule has 0 spiro atoms. The van der Waals surface area contributed by atoms with Crippen molar-refractivity contribution in [3.05, 3.63) is 0 Å². The molecule has 0 bridgehead atoms. The van der Waals surface area contributed by atoms with Gasteiger partial charge in [0.05, 0.1) is 12.6 Å². The molecule has 0 saturated carbocycles. The van der Waals surface area contributed by atoms with Crippen molar-refractivity contribution in [3.8, 4) is 0 Å². The first-order chi connectivity index (χ1) is 7.37. The van der Waals surface area contributed by atoms with Gasteiger partial charge in [0, 0.05) is 0 Å². The molecule has 6 N–H and O–H groups in total. The molecule has 1 heterocycles. The molecule has 16 heavy (non-hydrogen) atoms. The van der Waals surface area contributed by atoms with E-state index in [9.17, 15) is 25.2 Å². The van der Waals surface area contributed by atoms with Gasteiger partial charge in [-0.2, -0.15) is 0 Å². The second-order valence-electron chi connectivity index (χ2n) is 3.73. The Morgan fingerprint density at radius 1 is 1.50 bits per heavy atom.